The van der Waals surface area contributed by atoms with Gasteiger partial charge < -0.3 is 24.4 Å². The van der Waals surface area contributed by atoms with Gasteiger partial charge >= 0.3 is 6.03 Å². The molecular weight excluding hydrogens is 334 g/mol. The molecule has 1 saturated carbocycles. The van der Waals surface area contributed by atoms with Gasteiger partial charge in [0.25, 0.3) is 0 Å². The van der Waals surface area contributed by atoms with Crippen LogP contribution < -0.4 is 5.32 Å². The third kappa shape index (κ3) is 4.50. The van der Waals surface area contributed by atoms with E-state index in [2.05, 4.69) is 17.1 Å². The van der Waals surface area contributed by atoms with E-state index in [0.29, 0.717) is 38.3 Å². The molecule has 2 saturated heterocycles. The topological polar surface area (TPSA) is 63.3 Å². The predicted octanol–water partition coefficient (Wildman–Crippen LogP) is 1.67. The summed E-state index contributed by atoms with van der Waals surface area (Å²) in [5, 5.41) is 3.24. The summed E-state index contributed by atoms with van der Waals surface area (Å²) in [4.78, 5) is 16.8. The Morgan fingerprint density at radius 2 is 2.15 bits per heavy atom. The van der Waals surface area contributed by atoms with Crippen molar-refractivity contribution in [3.05, 3.63) is 0 Å². The maximum Gasteiger partial charge on any atom is 0.317 e. The molecule has 1 spiro atoms. The molecule has 3 rings (SSSR count). The third-order valence-electron chi connectivity index (χ3n) is 6.08. The molecule has 0 aromatic carbocycles. The first-order valence-electron chi connectivity index (χ1n) is 10.1. The Balaban J connectivity index is 1.62. The molecule has 0 bridgehead atoms. The normalized spacial score (nSPS) is 31.0. The number of likely N-dealkylation sites (N-methyl/N-ethyl adjacent to an activating group) is 1. The van der Waals surface area contributed by atoms with Crippen molar-refractivity contribution in [3.63, 3.8) is 0 Å². The van der Waals surface area contributed by atoms with Crippen LogP contribution in [0.15, 0.2) is 0 Å². The Hall–Kier alpha value is -0.890. The number of nitrogens with zero attached hydrogens (tertiary/aromatic N) is 2. The van der Waals surface area contributed by atoms with Gasteiger partial charge in [0.2, 0.25) is 0 Å². The van der Waals surface area contributed by atoms with Crippen molar-refractivity contribution in [2.45, 2.75) is 56.9 Å². The molecule has 7 heteroatoms. The number of hydrogen-bond donors (Lipinski definition) is 1. The van der Waals surface area contributed by atoms with E-state index in [1.807, 2.05) is 7.05 Å². The zero-order valence-corrected chi connectivity index (χ0v) is 16.5. The highest BCUT2D eigenvalue weighted by molar-refractivity contribution is 5.74. The van der Waals surface area contributed by atoms with Gasteiger partial charge in [-0.15, -0.1) is 0 Å². The molecule has 26 heavy (non-hydrogen) atoms. The predicted molar refractivity (Wildman–Crippen MR) is 99.1 cm³/mol. The molecule has 7 nitrogen and oxygen atoms in total. The van der Waals surface area contributed by atoms with Gasteiger partial charge in [0.05, 0.1) is 19.8 Å². The standard InChI is InChI=1S/C19H35N3O4/c1-4-7-22-14-16(20-18(23)21(2)8-9-24-3)12-15-13-19(6-5-17(15)22)25-10-11-26-19/h15-17H,4-14H2,1-3H3,(H,20,23)/t15-,16+,17-/m1/s1. The molecule has 2 heterocycles. The number of fused-ring (bicyclic) bond motifs is 1. The minimum Gasteiger partial charge on any atom is -0.383 e. The summed E-state index contributed by atoms with van der Waals surface area (Å²) in [6, 6.07) is 0.755. The quantitative estimate of drug-likeness (QED) is 0.772. The summed E-state index contributed by atoms with van der Waals surface area (Å²) in [6.45, 7) is 6.82. The fourth-order valence-corrected chi connectivity index (χ4v) is 4.84. The first kappa shape index (κ1) is 19.9. The summed E-state index contributed by atoms with van der Waals surface area (Å²) >= 11 is 0. The van der Waals surface area contributed by atoms with Crippen LogP contribution in [0.3, 0.4) is 0 Å². The van der Waals surface area contributed by atoms with Crippen LogP contribution in [0.25, 0.3) is 0 Å². The Labute approximate surface area is 157 Å². The van der Waals surface area contributed by atoms with Crippen molar-refractivity contribution in [2.75, 3.05) is 53.6 Å². The number of hydrogen-bond acceptors (Lipinski definition) is 5. The van der Waals surface area contributed by atoms with Gasteiger partial charge in [-0.3, -0.25) is 4.90 Å². The molecule has 1 aliphatic carbocycles. The number of carbonyl (C=O) groups excluding carboxylic acids is 1. The van der Waals surface area contributed by atoms with Gasteiger partial charge in [0.15, 0.2) is 5.79 Å². The molecule has 1 N–H and O–H groups in total. The SMILES string of the molecule is CCCN1C[C@@H](NC(=O)N(C)CCOC)C[C@@H]2CC3(CC[C@H]21)OCCO3. The lowest BCUT2D eigenvalue weighted by atomic mass is 9.74. The second-order valence-electron chi connectivity index (χ2n) is 7.97. The highest BCUT2D eigenvalue weighted by atomic mass is 16.7. The van der Waals surface area contributed by atoms with Gasteiger partial charge in [0.1, 0.15) is 0 Å². The highest BCUT2D eigenvalue weighted by Crippen LogP contribution is 2.44. The fraction of sp³-hybridized carbons (Fsp3) is 0.947. The van der Waals surface area contributed by atoms with E-state index < -0.39 is 0 Å². The van der Waals surface area contributed by atoms with Crippen LogP contribution in [0.5, 0.6) is 0 Å². The number of ether oxygens (including phenoxy) is 3. The highest BCUT2D eigenvalue weighted by Gasteiger charge is 2.49. The van der Waals surface area contributed by atoms with Crippen LogP contribution in [-0.2, 0) is 14.2 Å². The molecule has 3 fully saturated rings. The minimum absolute atomic E-state index is 0.0131. The van der Waals surface area contributed by atoms with Crippen molar-refractivity contribution in [2.24, 2.45) is 5.92 Å². The average Bonchev–Trinajstić information content (AvgIpc) is 3.07. The van der Waals surface area contributed by atoms with E-state index in [1.54, 1.807) is 12.0 Å². The lowest BCUT2D eigenvalue weighted by Crippen LogP contribution is -2.60. The molecule has 2 aliphatic heterocycles. The molecular formula is C19H35N3O4. The number of urea groups is 1. The van der Waals surface area contributed by atoms with Crippen LogP contribution in [0, 0.1) is 5.92 Å². The average molecular weight is 370 g/mol. The fourth-order valence-electron chi connectivity index (χ4n) is 4.84. The second kappa shape index (κ2) is 8.87. The summed E-state index contributed by atoms with van der Waals surface area (Å²) in [5.74, 6) is 0.150. The van der Waals surface area contributed by atoms with E-state index in [-0.39, 0.29) is 17.9 Å². The molecule has 2 amide bonds. The zero-order valence-electron chi connectivity index (χ0n) is 16.5. The summed E-state index contributed by atoms with van der Waals surface area (Å²) in [6.07, 6.45) is 5.20. The number of rotatable bonds is 6. The molecule has 0 radical (unpaired) electrons. The first-order valence-corrected chi connectivity index (χ1v) is 10.1. The summed E-state index contributed by atoms with van der Waals surface area (Å²) in [5.41, 5.74) is 0. The van der Waals surface area contributed by atoms with Crippen molar-refractivity contribution in [1.82, 2.24) is 15.1 Å². The molecule has 0 aromatic heterocycles. The van der Waals surface area contributed by atoms with Crippen molar-refractivity contribution in [1.29, 1.82) is 0 Å². The number of nitrogens with one attached hydrogen (secondary N) is 1. The Bertz CT molecular complexity index is 470. The Morgan fingerprint density at radius 3 is 2.85 bits per heavy atom. The number of methoxy groups -OCH3 is 1. The van der Waals surface area contributed by atoms with Crippen LogP contribution in [0.2, 0.25) is 0 Å². The van der Waals surface area contributed by atoms with E-state index in [4.69, 9.17) is 14.2 Å². The number of likely N-dealkylation sites (tertiary alicyclic amines) is 1. The molecule has 0 unspecified atom stereocenters. The van der Waals surface area contributed by atoms with Gasteiger partial charge in [-0.1, -0.05) is 6.92 Å². The maximum absolute atomic E-state index is 12.5. The van der Waals surface area contributed by atoms with E-state index in [0.717, 1.165) is 45.2 Å². The van der Waals surface area contributed by atoms with Crippen LogP contribution in [0.1, 0.15) is 39.0 Å². The number of carbonyl (C=O) groups is 1. The van der Waals surface area contributed by atoms with Crippen LogP contribution in [0.4, 0.5) is 4.79 Å². The van der Waals surface area contributed by atoms with Gasteiger partial charge in [0, 0.05) is 52.2 Å². The summed E-state index contributed by atoms with van der Waals surface area (Å²) < 4.78 is 17.0. The minimum atomic E-state index is -0.361. The van der Waals surface area contributed by atoms with Gasteiger partial charge in [-0.05, 0) is 31.7 Å². The van der Waals surface area contributed by atoms with Crippen LogP contribution in [-0.4, -0.2) is 87.3 Å². The smallest absolute Gasteiger partial charge is 0.317 e. The lowest BCUT2D eigenvalue weighted by molar-refractivity contribution is -0.201. The second-order valence-corrected chi connectivity index (χ2v) is 7.97. The zero-order chi connectivity index (χ0) is 18.6. The molecule has 3 aliphatic rings. The van der Waals surface area contributed by atoms with Gasteiger partial charge in [-0.2, -0.15) is 0 Å². The Morgan fingerprint density at radius 1 is 1.38 bits per heavy atom. The monoisotopic (exact) mass is 369 g/mol. The Kier molecular flexibility index (Phi) is 6.77. The van der Waals surface area contributed by atoms with E-state index >= 15 is 0 Å². The van der Waals surface area contributed by atoms with Crippen molar-refractivity contribution in [3.8, 4) is 0 Å². The molecule has 150 valence electrons. The van der Waals surface area contributed by atoms with Crippen molar-refractivity contribution < 1.29 is 19.0 Å². The van der Waals surface area contributed by atoms with Crippen molar-refractivity contribution >= 4 is 6.03 Å². The van der Waals surface area contributed by atoms with E-state index in [1.165, 1.54) is 0 Å². The largest absolute Gasteiger partial charge is 0.383 e. The first-order chi connectivity index (χ1) is 12.6. The lowest BCUT2D eigenvalue weighted by Gasteiger charge is -2.51. The number of amides is 2. The molecule has 0 aromatic rings. The van der Waals surface area contributed by atoms with E-state index in [9.17, 15) is 4.79 Å². The third-order valence-corrected chi connectivity index (χ3v) is 6.08. The van der Waals surface area contributed by atoms with Gasteiger partial charge in [-0.25, -0.2) is 4.79 Å². The van der Waals surface area contributed by atoms with Crippen LogP contribution >= 0.6 is 0 Å². The molecule has 3 atom stereocenters. The maximum atomic E-state index is 12.5. The summed E-state index contributed by atoms with van der Waals surface area (Å²) in [7, 11) is 3.47. The number of piperidine rings is 1.